The molecule has 2 atom stereocenters. The Labute approximate surface area is 214 Å². The topological polar surface area (TPSA) is 99.9 Å². The molecule has 1 saturated heterocycles. The first-order valence-electron chi connectivity index (χ1n) is 11.4. The van der Waals surface area contributed by atoms with Crippen molar-refractivity contribution < 1.29 is 24.2 Å². The third kappa shape index (κ3) is 4.48. The number of carboxylic acids is 1. The van der Waals surface area contributed by atoms with Crippen LogP contribution in [0.1, 0.15) is 40.4 Å². The molecule has 1 aliphatic rings. The van der Waals surface area contributed by atoms with E-state index in [0.717, 1.165) is 5.56 Å². The molecule has 1 fully saturated rings. The largest absolute Gasteiger partial charge is 0.493 e. The molecule has 1 aliphatic heterocycles. The van der Waals surface area contributed by atoms with Crippen molar-refractivity contribution in [2.45, 2.75) is 31.3 Å². The maximum atomic E-state index is 14.4. The van der Waals surface area contributed by atoms with E-state index in [4.69, 9.17) is 21.1 Å². The number of carboxylic acid groups (broad SMARTS) is 1. The zero-order chi connectivity index (χ0) is 25.8. The number of carbonyl (C=O) groups is 2. The zero-order valence-corrected chi connectivity index (χ0v) is 20.7. The smallest absolute Gasteiger partial charge is 0.326 e. The van der Waals surface area contributed by atoms with Crippen LogP contribution in [0.4, 0.5) is 0 Å². The second-order valence-electron chi connectivity index (χ2n) is 8.40. The van der Waals surface area contributed by atoms with Gasteiger partial charge in [0.15, 0.2) is 11.5 Å². The minimum Gasteiger partial charge on any atom is -0.493 e. The van der Waals surface area contributed by atoms with Crippen LogP contribution in [0.5, 0.6) is 11.5 Å². The van der Waals surface area contributed by atoms with Gasteiger partial charge in [-0.1, -0.05) is 60.1 Å². The summed E-state index contributed by atoms with van der Waals surface area (Å²) in [6, 6.07) is 18.6. The standard InChI is InChI=1S/C28H25ClN2O5/c1-35-24-16-20(17-8-4-3-5-9-17)25(19(14-15-30)26(24)36-2)27(32)31-22(12-13-23(31)28(33)34)18-10-6-7-11-21(18)29/h3-11,16,22-23H,12-14H2,1-2H3,(H,33,34). The lowest BCUT2D eigenvalue weighted by Gasteiger charge is -2.31. The minimum absolute atomic E-state index is 0.135. The first-order valence-corrected chi connectivity index (χ1v) is 11.8. The number of ether oxygens (including phenoxy) is 2. The summed E-state index contributed by atoms with van der Waals surface area (Å²) in [6.07, 6.45) is 0.579. The number of methoxy groups -OCH3 is 2. The zero-order valence-electron chi connectivity index (χ0n) is 19.9. The fourth-order valence-electron chi connectivity index (χ4n) is 4.92. The summed E-state index contributed by atoms with van der Waals surface area (Å²) in [5.41, 5.74) is 2.49. The van der Waals surface area contributed by atoms with Crippen LogP contribution in [0.15, 0.2) is 60.7 Å². The van der Waals surface area contributed by atoms with Gasteiger partial charge in [-0.25, -0.2) is 4.79 Å². The average molecular weight is 505 g/mol. The number of halogens is 1. The SMILES string of the molecule is COc1cc(-c2ccccc2)c(C(=O)N2C(C(=O)O)CCC2c2ccccc2Cl)c(CC#N)c1OC. The van der Waals surface area contributed by atoms with Gasteiger partial charge in [-0.3, -0.25) is 4.79 Å². The van der Waals surface area contributed by atoms with Crippen molar-refractivity contribution in [1.29, 1.82) is 5.26 Å². The summed E-state index contributed by atoms with van der Waals surface area (Å²) >= 11 is 6.48. The number of benzene rings is 3. The van der Waals surface area contributed by atoms with Crippen LogP contribution in [0.2, 0.25) is 5.02 Å². The lowest BCUT2D eigenvalue weighted by Crippen LogP contribution is -2.42. The van der Waals surface area contributed by atoms with Crippen LogP contribution < -0.4 is 9.47 Å². The number of carbonyl (C=O) groups excluding carboxylic acids is 1. The monoisotopic (exact) mass is 504 g/mol. The highest BCUT2D eigenvalue weighted by atomic mass is 35.5. The maximum absolute atomic E-state index is 14.4. The van der Waals surface area contributed by atoms with Gasteiger partial charge in [0.05, 0.1) is 38.3 Å². The fourth-order valence-corrected chi connectivity index (χ4v) is 5.18. The van der Waals surface area contributed by atoms with E-state index in [9.17, 15) is 20.0 Å². The molecule has 0 aliphatic carbocycles. The highest BCUT2D eigenvalue weighted by Gasteiger charge is 2.44. The van der Waals surface area contributed by atoms with Crippen molar-refractivity contribution in [1.82, 2.24) is 4.90 Å². The van der Waals surface area contributed by atoms with Crippen molar-refractivity contribution in [2.24, 2.45) is 0 Å². The molecular weight excluding hydrogens is 480 g/mol. The van der Waals surface area contributed by atoms with Gasteiger partial charge in [0.2, 0.25) is 0 Å². The van der Waals surface area contributed by atoms with Crippen LogP contribution in [0, 0.1) is 11.3 Å². The van der Waals surface area contributed by atoms with E-state index in [2.05, 4.69) is 6.07 Å². The third-order valence-corrected chi connectivity index (χ3v) is 6.84. The summed E-state index contributed by atoms with van der Waals surface area (Å²) in [5, 5.41) is 20.1. The van der Waals surface area contributed by atoms with Crippen molar-refractivity contribution >= 4 is 23.5 Å². The predicted molar refractivity (Wildman–Crippen MR) is 135 cm³/mol. The minimum atomic E-state index is -1.10. The van der Waals surface area contributed by atoms with Crippen molar-refractivity contribution in [3.8, 4) is 28.7 Å². The van der Waals surface area contributed by atoms with Gasteiger partial charge in [0.1, 0.15) is 6.04 Å². The molecule has 0 aromatic heterocycles. The first kappa shape index (κ1) is 25.1. The van der Waals surface area contributed by atoms with Crippen LogP contribution in [0.3, 0.4) is 0 Å². The molecule has 36 heavy (non-hydrogen) atoms. The van der Waals surface area contributed by atoms with E-state index in [1.54, 1.807) is 24.3 Å². The highest BCUT2D eigenvalue weighted by molar-refractivity contribution is 6.31. The second-order valence-corrected chi connectivity index (χ2v) is 8.80. The van der Waals surface area contributed by atoms with E-state index in [0.29, 0.717) is 33.9 Å². The number of hydrogen-bond acceptors (Lipinski definition) is 5. The second kappa shape index (κ2) is 10.7. The van der Waals surface area contributed by atoms with Crippen molar-refractivity contribution in [3.05, 3.63) is 82.4 Å². The van der Waals surface area contributed by atoms with E-state index < -0.39 is 24.0 Å². The highest BCUT2D eigenvalue weighted by Crippen LogP contribution is 2.45. The van der Waals surface area contributed by atoms with Crippen LogP contribution in [-0.2, 0) is 11.2 Å². The molecule has 0 saturated carbocycles. The van der Waals surface area contributed by atoms with Gasteiger partial charge in [-0.05, 0) is 41.7 Å². The molecule has 1 heterocycles. The lowest BCUT2D eigenvalue weighted by atomic mass is 9.91. The van der Waals surface area contributed by atoms with Crippen LogP contribution >= 0.6 is 11.6 Å². The number of amides is 1. The van der Waals surface area contributed by atoms with Crippen LogP contribution in [-0.4, -0.2) is 42.1 Å². The Hall–Kier alpha value is -4.02. The third-order valence-electron chi connectivity index (χ3n) is 6.49. The average Bonchev–Trinajstić information content (AvgIpc) is 3.34. The van der Waals surface area contributed by atoms with Gasteiger partial charge >= 0.3 is 5.97 Å². The Morgan fingerprint density at radius 2 is 1.78 bits per heavy atom. The molecule has 1 amide bonds. The Kier molecular flexibility index (Phi) is 7.47. The molecule has 3 aromatic rings. The molecule has 7 nitrogen and oxygen atoms in total. The normalized spacial score (nSPS) is 16.9. The molecule has 0 spiro atoms. The number of aliphatic carboxylic acids is 1. The number of nitrogens with zero attached hydrogens (tertiary/aromatic N) is 2. The molecular formula is C28H25ClN2O5. The van der Waals surface area contributed by atoms with Crippen molar-refractivity contribution in [2.75, 3.05) is 14.2 Å². The van der Waals surface area contributed by atoms with E-state index in [-0.39, 0.29) is 24.2 Å². The Morgan fingerprint density at radius 3 is 2.39 bits per heavy atom. The molecule has 184 valence electrons. The number of hydrogen-bond donors (Lipinski definition) is 1. The molecule has 3 aromatic carbocycles. The summed E-state index contributed by atoms with van der Waals surface area (Å²) in [5.74, 6) is -0.962. The summed E-state index contributed by atoms with van der Waals surface area (Å²) < 4.78 is 11.1. The van der Waals surface area contributed by atoms with E-state index in [1.165, 1.54) is 19.1 Å². The van der Waals surface area contributed by atoms with E-state index >= 15 is 0 Å². The van der Waals surface area contributed by atoms with Gasteiger partial charge in [-0.2, -0.15) is 5.26 Å². The number of likely N-dealkylation sites (tertiary alicyclic amines) is 1. The predicted octanol–water partition coefficient (Wildman–Crippen LogP) is 5.52. The fraction of sp³-hybridized carbons (Fsp3) is 0.250. The summed E-state index contributed by atoms with van der Waals surface area (Å²) in [6.45, 7) is 0. The Morgan fingerprint density at radius 1 is 1.08 bits per heavy atom. The summed E-state index contributed by atoms with van der Waals surface area (Å²) in [7, 11) is 2.93. The van der Waals surface area contributed by atoms with Crippen LogP contribution in [0.25, 0.3) is 11.1 Å². The van der Waals surface area contributed by atoms with Crippen molar-refractivity contribution in [3.63, 3.8) is 0 Å². The molecule has 1 N–H and O–H groups in total. The number of rotatable bonds is 7. The van der Waals surface area contributed by atoms with Gasteiger partial charge in [-0.15, -0.1) is 0 Å². The first-order chi connectivity index (χ1) is 17.4. The molecule has 4 rings (SSSR count). The summed E-state index contributed by atoms with van der Waals surface area (Å²) in [4.78, 5) is 28.1. The molecule has 8 heteroatoms. The Bertz CT molecular complexity index is 1340. The molecule has 0 radical (unpaired) electrons. The van der Waals surface area contributed by atoms with Gasteiger partial charge in [0.25, 0.3) is 5.91 Å². The Balaban J connectivity index is 1.99. The quantitative estimate of drug-likeness (QED) is 0.454. The number of nitriles is 1. The molecule has 2 unspecified atom stereocenters. The lowest BCUT2D eigenvalue weighted by molar-refractivity contribution is -0.141. The van der Waals surface area contributed by atoms with Gasteiger partial charge < -0.3 is 19.5 Å². The van der Waals surface area contributed by atoms with Gasteiger partial charge in [0, 0.05) is 10.6 Å². The van der Waals surface area contributed by atoms with E-state index in [1.807, 2.05) is 36.4 Å². The molecule has 0 bridgehead atoms. The maximum Gasteiger partial charge on any atom is 0.326 e.